The molecule has 2 aromatic rings. The van der Waals surface area contributed by atoms with Gasteiger partial charge in [-0.2, -0.15) is 5.26 Å². The Labute approximate surface area is 260 Å². The zero-order valence-electron chi connectivity index (χ0n) is 24.5. The maximum Gasteiger partial charge on any atom is 0.310 e. The zero-order valence-corrected chi connectivity index (χ0v) is 26.1. The van der Waals surface area contributed by atoms with Crippen LogP contribution in [0.25, 0.3) is 6.08 Å². The van der Waals surface area contributed by atoms with Crippen molar-refractivity contribution in [1.29, 1.82) is 5.26 Å². The van der Waals surface area contributed by atoms with Gasteiger partial charge in [-0.05, 0) is 62.4 Å². The molecule has 10 nitrogen and oxygen atoms in total. The first-order valence-electron chi connectivity index (χ1n) is 14.5. The van der Waals surface area contributed by atoms with Gasteiger partial charge in [0.15, 0.2) is 11.5 Å². The summed E-state index contributed by atoms with van der Waals surface area (Å²) in [7, 11) is 0. The van der Waals surface area contributed by atoms with Gasteiger partial charge in [0.25, 0.3) is 11.5 Å². The summed E-state index contributed by atoms with van der Waals surface area (Å²) in [5.74, 6) is 1.04. The van der Waals surface area contributed by atoms with Gasteiger partial charge in [0, 0.05) is 25.2 Å². The highest BCUT2D eigenvalue weighted by molar-refractivity contribution is 8.26. The highest BCUT2D eigenvalue weighted by atomic mass is 32.2. The van der Waals surface area contributed by atoms with Crippen molar-refractivity contribution in [3.8, 4) is 17.6 Å². The molecule has 2 fully saturated rings. The van der Waals surface area contributed by atoms with Crippen LogP contribution in [0.2, 0.25) is 0 Å². The van der Waals surface area contributed by atoms with Crippen molar-refractivity contribution in [1.82, 2.24) is 9.47 Å². The van der Waals surface area contributed by atoms with Crippen LogP contribution in [0.4, 0.5) is 5.82 Å². The van der Waals surface area contributed by atoms with Crippen molar-refractivity contribution in [3.63, 3.8) is 0 Å². The fraction of sp³-hybridized carbons (Fsp3) is 0.452. The van der Waals surface area contributed by atoms with Crippen molar-refractivity contribution in [2.24, 2.45) is 5.92 Å². The molecule has 3 aliphatic heterocycles. The van der Waals surface area contributed by atoms with Gasteiger partial charge in [-0.15, -0.1) is 0 Å². The molecule has 0 bridgehead atoms. The van der Waals surface area contributed by atoms with Crippen LogP contribution >= 0.6 is 24.0 Å². The molecule has 12 heteroatoms. The lowest BCUT2D eigenvalue weighted by Gasteiger charge is -2.36. The molecule has 1 aromatic carbocycles. The lowest BCUT2D eigenvalue weighted by Crippen LogP contribution is -2.43. The van der Waals surface area contributed by atoms with Gasteiger partial charge in [-0.3, -0.25) is 23.9 Å². The average molecular weight is 623 g/mol. The molecular weight excluding hydrogens is 588 g/mol. The Morgan fingerprint density at radius 3 is 2.79 bits per heavy atom. The Kier molecular flexibility index (Phi) is 9.42. The Hall–Kier alpha value is -3.82. The number of nitriles is 1. The molecule has 1 atom stereocenters. The summed E-state index contributed by atoms with van der Waals surface area (Å²) in [4.78, 5) is 44.0. The van der Waals surface area contributed by atoms with Crippen molar-refractivity contribution in [2.75, 3.05) is 31.4 Å². The van der Waals surface area contributed by atoms with Crippen LogP contribution in [0, 0.1) is 24.2 Å². The minimum absolute atomic E-state index is 0.0425. The molecule has 226 valence electrons. The summed E-state index contributed by atoms with van der Waals surface area (Å²) in [6.07, 6.45) is 4.76. The van der Waals surface area contributed by atoms with E-state index >= 15 is 0 Å². The molecule has 0 spiro atoms. The number of ether oxygens (including phenoxy) is 3. The van der Waals surface area contributed by atoms with Crippen LogP contribution in [0.1, 0.15) is 61.8 Å². The normalized spacial score (nSPS) is 18.8. The molecule has 0 saturated carbocycles. The number of anilines is 1. The second kappa shape index (κ2) is 13.2. The summed E-state index contributed by atoms with van der Waals surface area (Å²) < 4.78 is 18.3. The third-order valence-corrected chi connectivity index (χ3v) is 9.23. The number of hydrogen-bond donors (Lipinski definition) is 0. The second-order valence-electron chi connectivity index (χ2n) is 10.7. The number of esters is 1. The van der Waals surface area contributed by atoms with E-state index in [4.69, 9.17) is 26.4 Å². The van der Waals surface area contributed by atoms with Crippen LogP contribution in [0.15, 0.2) is 27.9 Å². The summed E-state index contributed by atoms with van der Waals surface area (Å²) in [5.41, 5.74) is 1.63. The minimum Gasteiger partial charge on any atom is -0.466 e. The first-order chi connectivity index (χ1) is 20.8. The predicted molar refractivity (Wildman–Crippen MR) is 168 cm³/mol. The van der Waals surface area contributed by atoms with Gasteiger partial charge in [0.2, 0.25) is 6.79 Å². The van der Waals surface area contributed by atoms with Crippen molar-refractivity contribution in [3.05, 3.63) is 55.7 Å². The Bertz CT molecular complexity index is 1590. The molecule has 1 unspecified atom stereocenters. The third-order valence-electron chi connectivity index (χ3n) is 7.85. The second-order valence-corrected chi connectivity index (χ2v) is 12.3. The number of pyridine rings is 1. The standard InChI is InChI=1S/C31H34N4O6S2/c1-4-6-12-34-27(33-11-7-8-21(17-33)30(38)39-5-2)22(19(3)23(15-32)28(34)36)14-26-29(37)35(31(42)43-26)16-20-9-10-24-25(13-20)41-18-40-24/h9-10,13-14,21H,4-8,11-12,16-18H2,1-3H3/b26-14-. The van der Waals surface area contributed by atoms with Gasteiger partial charge < -0.3 is 19.1 Å². The van der Waals surface area contributed by atoms with Crippen molar-refractivity contribution < 1.29 is 23.8 Å². The minimum atomic E-state index is -0.366. The fourth-order valence-electron chi connectivity index (χ4n) is 5.62. The van der Waals surface area contributed by atoms with E-state index in [0.717, 1.165) is 24.8 Å². The smallest absolute Gasteiger partial charge is 0.310 e. The molecule has 3 aliphatic rings. The topological polar surface area (TPSA) is 114 Å². The lowest BCUT2D eigenvalue weighted by atomic mass is 9.96. The fourth-order valence-corrected chi connectivity index (χ4v) is 6.86. The maximum absolute atomic E-state index is 13.7. The number of rotatable bonds is 9. The van der Waals surface area contributed by atoms with Gasteiger partial charge in [-0.25, -0.2) is 0 Å². The van der Waals surface area contributed by atoms with Crippen LogP contribution < -0.4 is 19.9 Å². The van der Waals surface area contributed by atoms with Crippen LogP contribution in [0.3, 0.4) is 0 Å². The van der Waals surface area contributed by atoms with E-state index in [1.54, 1.807) is 24.5 Å². The van der Waals surface area contributed by atoms with Crippen LogP contribution in [-0.4, -0.2) is 52.2 Å². The quantitative estimate of drug-likeness (QED) is 0.221. The van der Waals surface area contributed by atoms with Gasteiger partial charge in [0.05, 0.1) is 24.0 Å². The van der Waals surface area contributed by atoms with E-state index in [-0.39, 0.29) is 42.3 Å². The number of thiocarbonyl (C=S) groups is 1. The number of piperidine rings is 1. The largest absolute Gasteiger partial charge is 0.466 e. The molecular formula is C31H34N4O6S2. The maximum atomic E-state index is 13.7. The van der Waals surface area contributed by atoms with Crippen molar-refractivity contribution >= 4 is 52.1 Å². The molecule has 0 aliphatic carbocycles. The van der Waals surface area contributed by atoms with Crippen LogP contribution in [0.5, 0.6) is 11.5 Å². The zero-order chi connectivity index (χ0) is 30.7. The van der Waals surface area contributed by atoms with E-state index in [1.807, 2.05) is 30.0 Å². The molecule has 5 rings (SSSR count). The average Bonchev–Trinajstić information content (AvgIpc) is 3.57. The first-order valence-corrected chi connectivity index (χ1v) is 15.7. The summed E-state index contributed by atoms with van der Waals surface area (Å²) in [5, 5.41) is 10.00. The number of carbonyl (C=O) groups excluding carboxylic acids is 2. The SMILES string of the molecule is CCCCn1c(N2CCCC(C(=O)OCC)C2)c(/C=C2\SC(=S)N(Cc3ccc4c(c3)OCO4)C2=O)c(C)c(C#N)c1=O. The number of nitrogens with zero attached hydrogens (tertiary/aromatic N) is 4. The number of unbranched alkanes of at least 4 members (excludes halogenated alkanes) is 1. The number of hydrogen-bond acceptors (Lipinski definition) is 10. The molecule has 2 saturated heterocycles. The summed E-state index contributed by atoms with van der Waals surface area (Å²) in [6.45, 7) is 7.68. The monoisotopic (exact) mass is 622 g/mol. The number of amides is 1. The Balaban J connectivity index is 1.56. The molecule has 1 aromatic heterocycles. The number of fused-ring (bicyclic) bond motifs is 1. The predicted octanol–water partition coefficient (Wildman–Crippen LogP) is 4.74. The van der Waals surface area contributed by atoms with E-state index < -0.39 is 0 Å². The molecule has 0 N–H and O–H groups in total. The van der Waals surface area contributed by atoms with E-state index in [0.29, 0.717) is 70.3 Å². The summed E-state index contributed by atoms with van der Waals surface area (Å²) in [6, 6.07) is 7.62. The number of benzene rings is 1. The molecule has 43 heavy (non-hydrogen) atoms. The number of aromatic nitrogens is 1. The first kappa shape index (κ1) is 30.6. The highest BCUT2D eigenvalue weighted by Crippen LogP contribution is 2.39. The number of thioether (sulfide) groups is 1. The molecule has 1 amide bonds. The van der Waals surface area contributed by atoms with Gasteiger partial charge in [-0.1, -0.05) is 43.4 Å². The van der Waals surface area contributed by atoms with E-state index in [1.165, 1.54) is 16.7 Å². The summed E-state index contributed by atoms with van der Waals surface area (Å²) >= 11 is 6.81. The van der Waals surface area contributed by atoms with Crippen molar-refractivity contribution in [2.45, 2.75) is 59.5 Å². The molecule has 0 radical (unpaired) electrons. The van der Waals surface area contributed by atoms with Gasteiger partial charge >= 0.3 is 5.97 Å². The van der Waals surface area contributed by atoms with E-state index in [9.17, 15) is 19.6 Å². The van der Waals surface area contributed by atoms with Gasteiger partial charge in [0.1, 0.15) is 21.8 Å². The Morgan fingerprint density at radius 2 is 2.05 bits per heavy atom. The Morgan fingerprint density at radius 1 is 1.26 bits per heavy atom. The lowest BCUT2D eigenvalue weighted by molar-refractivity contribution is -0.148. The molecule has 4 heterocycles. The number of carbonyl (C=O) groups is 2. The van der Waals surface area contributed by atoms with Crippen LogP contribution in [-0.2, 0) is 27.4 Å². The third kappa shape index (κ3) is 6.15. The highest BCUT2D eigenvalue weighted by Gasteiger charge is 2.35. The van der Waals surface area contributed by atoms with E-state index in [2.05, 4.69) is 6.07 Å².